The highest BCUT2D eigenvalue weighted by molar-refractivity contribution is 9.10. The molecular weight excluding hydrogens is 270 g/mol. The molecule has 0 aliphatic rings. The van der Waals surface area contributed by atoms with Crippen molar-refractivity contribution in [3.63, 3.8) is 0 Å². The first-order chi connectivity index (χ1) is 7.51. The number of hydrogen-bond acceptors (Lipinski definition) is 3. The van der Waals surface area contributed by atoms with Gasteiger partial charge in [0.2, 0.25) is 0 Å². The molecule has 1 aromatic carbocycles. The highest BCUT2D eigenvalue weighted by Crippen LogP contribution is 2.36. The minimum atomic E-state index is -0.690. The van der Waals surface area contributed by atoms with Gasteiger partial charge in [-0.3, -0.25) is 0 Å². The smallest absolute Gasteiger partial charge is 0.138 e. The van der Waals surface area contributed by atoms with Crippen LogP contribution in [-0.4, -0.2) is 18.8 Å². The molecule has 0 radical (unpaired) electrons. The second-order valence-electron chi connectivity index (χ2n) is 4.03. The summed E-state index contributed by atoms with van der Waals surface area (Å²) in [5.41, 5.74) is 7.37. The van der Waals surface area contributed by atoms with Crippen molar-refractivity contribution in [2.24, 2.45) is 5.73 Å². The third-order valence-corrected chi connectivity index (χ3v) is 3.14. The van der Waals surface area contributed by atoms with Crippen LogP contribution in [0.4, 0.5) is 0 Å². The molecule has 0 bridgehead atoms. The van der Waals surface area contributed by atoms with Gasteiger partial charge in [0.1, 0.15) is 5.75 Å². The third kappa shape index (κ3) is 2.75. The van der Waals surface area contributed by atoms with Crippen LogP contribution in [0.2, 0.25) is 0 Å². The molecule has 0 aliphatic carbocycles. The number of nitrogens with two attached hydrogens (primary N) is 1. The van der Waals surface area contributed by atoms with Crippen molar-refractivity contribution in [1.82, 2.24) is 0 Å². The lowest BCUT2D eigenvalue weighted by Gasteiger charge is -2.17. The van der Waals surface area contributed by atoms with E-state index in [9.17, 15) is 5.11 Å². The minimum Gasteiger partial charge on any atom is -0.495 e. The van der Waals surface area contributed by atoms with Crippen molar-refractivity contribution < 1.29 is 9.84 Å². The van der Waals surface area contributed by atoms with Gasteiger partial charge in [0.25, 0.3) is 0 Å². The second kappa shape index (κ2) is 5.66. The summed E-state index contributed by atoms with van der Waals surface area (Å²) in [5.74, 6) is 1.05. The van der Waals surface area contributed by atoms with Crippen molar-refractivity contribution in [3.8, 4) is 5.75 Å². The van der Waals surface area contributed by atoms with E-state index in [1.807, 2.05) is 12.1 Å². The van der Waals surface area contributed by atoms with Crippen molar-refractivity contribution in [2.45, 2.75) is 25.9 Å². The van der Waals surface area contributed by atoms with Gasteiger partial charge < -0.3 is 15.6 Å². The Balaban J connectivity index is 3.30. The molecule has 0 spiro atoms. The van der Waals surface area contributed by atoms with Gasteiger partial charge in [0, 0.05) is 12.1 Å². The third-order valence-electron chi connectivity index (χ3n) is 2.55. The number of methoxy groups -OCH3 is 1. The predicted molar refractivity (Wildman–Crippen MR) is 68.8 cm³/mol. The number of benzene rings is 1. The molecule has 4 heteroatoms. The van der Waals surface area contributed by atoms with Crippen LogP contribution < -0.4 is 10.5 Å². The van der Waals surface area contributed by atoms with Gasteiger partial charge in [-0.25, -0.2) is 0 Å². The fourth-order valence-corrected chi connectivity index (χ4v) is 2.21. The van der Waals surface area contributed by atoms with E-state index in [0.717, 1.165) is 15.6 Å². The molecule has 1 atom stereocenters. The summed E-state index contributed by atoms with van der Waals surface area (Å²) >= 11 is 3.45. The van der Waals surface area contributed by atoms with Crippen molar-refractivity contribution >= 4 is 15.9 Å². The van der Waals surface area contributed by atoms with Gasteiger partial charge in [-0.1, -0.05) is 13.8 Å². The molecule has 3 N–H and O–H groups in total. The normalized spacial score (nSPS) is 12.9. The zero-order chi connectivity index (χ0) is 12.3. The zero-order valence-electron chi connectivity index (χ0n) is 9.83. The van der Waals surface area contributed by atoms with Crippen LogP contribution in [0.3, 0.4) is 0 Å². The Kier molecular flexibility index (Phi) is 4.77. The predicted octanol–water partition coefficient (Wildman–Crippen LogP) is 2.57. The Labute approximate surface area is 105 Å². The molecule has 0 fully saturated rings. The summed E-state index contributed by atoms with van der Waals surface area (Å²) in [5, 5.41) is 9.85. The highest BCUT2D eigenvalue weighted by atomic mass is 79.9. The van der Waals surface area contributed by atoms with Gasteiger partial charge in [-0.05, 0) is 39.5 Å². The first-order valence-electron chi connectivity index (χ1n) is 5.26. The van der Waals surface area contributed by atoms with E-state index in [1.165, 1.54) is 0 Å². The lowest BCUT2D eigenvalue weighted by molar-refractivity contribution is 0.182. The molecule has 1 rings (SSSR count). The number of halogens is 1. The van der Waals surface area contributed by atoms with Gasteiger partial charge in [0.15, 0.2) is 0 Å². The quantitative estimate of drug-likeness (QED) is 0.895. The molecule has 3 nitrogen and oxygen atoms in total. The van der Waals surface area contributed by atoms with E-state index in [-0.39, 0.29) is 6.54 Å². The van der Waals surface area contributed by atoms with Gasteiger partial charge in [-0.2, -0.15) is 0 Å². The first kappa shape index (κ1) is 13.5. The highest BCUT2D eigenvalue weighted by Gasteiger charge is 2.17. The SMILES string of the molecule is COc1c(Br)cc(C(C)C)cc1C(O)CN. The molecule has 1 aromatic rings. The van der Waals surface area contributed by atoms with Crippen molar-refractivity contribution in [2.75, 3.05) is 13.7 Å². The van der Waals surface area contributed by atoms with Crippen molar-refractivity contribution in [3.05, 3.63) is 27.7 Å². The topological polar surface area (TPSA) is 55.5 Å². The number of aliphatic hydroxyl groups is 1. The van der Waals surface area contributed by atoms with E-state index in [0.29, 0.717) is 11.7 Å². The maximum atomic E-state index is 9.85. The van der Waals surface area contributed by atoms with Crippen LogP contribution in [-0.2, 0) is 0 Å². The van der Waals surface area contributed by atoms with Crippen LogP contribution in [0.5, 0.6) is 5.75 Å². The van der Waals surface area contributed by atoms with E-state index in [4.69, 9.17) is 10.5 Å². The van der Waals surface area contributed by atoms with E-state index < -0.39 is 6.10 Å². The lowest BCUT2D eigenvalue weighted by atomic mass is 9.98. The summed E-state index contributed by atoms with van der Waals surface area (Å²) in [6.45, 7) is 4.39. The number of ether oxygens (including phenoxy) is 1. The summed E-state index contributed by atoms with van der Waals surface area (Å²) in [7, 11) is 1.59. The van der Waals surface area contributed by atoms with E-state index in [1.54, 1.807) is 7.11 Å². The first-order valence-corrected chi connectivity index (χ1v) is 6.06. The van der Waals surface area contributed by atoms with Crippen LogP contribution in [0.25, 0.3) is 0 Å². The van der Waals surface area contributed by atoms with Gasteiger partial charge >= 0.3 is 0 Å². The maximum Gasteiger partial charge on any atom is 0.138 e. The number of aliphatic hydroxyl groups excluding tert-OH is 1. The Morgan fingerprint density at radius 3 is 2.50 bits per heavy atom. The fraction of sp³-hybridized carbons (Fsp3) is 0.500. The van der Waals surface area contributed by atoms with Gasteiger partial charge in [0.05, 0.1) is 17.7 Å². The van der Waals surface area contributed by atoms with Crippen LogP contribution in [0.15, 0.2) is 16.6 Å². The molecule has 90 valence electrons. The molecule has 1 unspecified atom stereocenters. The summed E-state index contributed by atoms with van der Waals surface area (Å²) in [4.78, 5) is 0. The molecule has 0 aliphatic heterocycles. The second-order valence-corrected chi connectivity index (χ2v) is 4.89. The van der Waals surface area contributed by atoms with E-state index >= 15 is 0 Å². The number of rotatable bonds is 4. The number of hydrogen-bond donors (Lipinski definition) is 2. The molecule has 16 heavy (non-hydrogen) atoms. The average molecular weight is 288 g/mol. The molecule has 0 aromatic heterocycles. The lowest BCUT2D eigenvalue weighted by Crippen LogP contribution is -2.13. The molecule has 0 saturated carbocycles. The van der Waals surface area contributed by atoms with Gasteiger partial charge in [-0.15, -0.1) is 0 Å². The molecule has 0 saturated heterocycles. The van der Waals surface area contributed by atoms with E-state index in [2.05, 4.69) is 29.8 Å². The fourth-order valence-electron chi connectivity index (χ4n) is 1.56. The van der Waals surface area contributed by atoms with Crippen LogP contribution >= 0.6 is 15.9 Å². The maximum absolute atomic E-state index is 9.85. The Morgan fingerprint density at radius 2 is 2.06 bits per heavy atom. The summed E-state index contributed by atoms with van der Waals surface area (Å²) in [6, 6.07) is 3.96. The largest absolute Gasteiger partial charge is 0.495 e. The van der Waals surface area contributed by atoms with Crippen molar-refractivity contribution in [1.29, 1.82) is 0 Å². The standard InChI is InChI=1S/C12H18BrNO2/c1-7(2)8-4-9(11(15)6-14)12(16-3)10(13)5-8/h4-5,7,11,15H,6,14H2,1-3H3. The zero-order valence-corrected chi connectivity index (χ0v) is 11.4. The molecule has 0 heterocycles. The summed E-state index contributed by atoms with van der Waals surface area (Å²) in [6.07, 6.45) is -0.690. The molecular formula is C12H18BrNO2. The monoisotopic (exact) mass is 287 g/mol. The Morgan fingerprint density at radius 1 is 1.44 bits per heavy atom. The summed E-state index contributed by atoms with van der Waals surface area (Å²) < 4.78 is 6.12. The molecule has 0 amide bonds. The van der Waals surface area contributed by atoms with Crippen LogP contribution in [0, 0.1) is 0 Å². The van der Waals surface area contributed by atoms with Crippen LogP contribution in [0.1, 0.15) is 37.0 Å². The minimum absolute atomic E-state index is 0.185. The Hall–Kier alpha value is -0.580. The average Bonchev–Trinajstić information content (AvgIpc) is 2.26. The Bertz CT molecular complexity index is 366.